The van der Waals surface area contributed by atoms with Crippen molar-refractivity contribution < 1.29 is 5.11 Å². The smallest absolute Gasteiger partial charge is 0.116 e. The van der Waals surface area contributed by atoms with Gasteiger partial charge in [-0.05, 0) is 50.4 Å². The Bertz CT molecular complexity index is 601. The maximum absolute atomic E-state index is 11.5. The van der Waals surface area contributed by atoms with E-state index in [0.717, 1.165) is 24.1 Å². The number of hydrogen-bond donors (Lipinski definition) is 1. The van der Waals surface area contributed by atoms with Gasteiger partial charge in [0.1, 0.15) is 5.60 Å². The summed E-state index contributed by atoms with van der Waals surface area (Å²) in [5, 5.41) is 11.5. The number of aliphatic hydroxyl groups is 1. The number of benzene rings is 2. The van der Waals surface area contributed by atoms with Gasteiger partial charge >= 0.3 is 0 Å². The molecule has 0 amide bonds. The van der Waals surface area contributed by atoms with Crippen LogP contribution in [0.3, 0.4) is 0 Å². The summed E-state index contributed by atoms with van der Waals surface area (Å²) < 4.78 is 0. The van der Waals surface area contributed by atoms with Crippen molar-refractivity contribution in [3.8, 4) is 0 Å². The minimum Gasteiger partial charge on any atom is -0.380 e. The normalized spacial score (nSPS) is 18.5. The molecule has 0 radical (unpaired) electrons. The second-order valence-electron chi connectivity index (χ2n) is 6.74. The number of aryl methyl sites for hydroxylation is 1. The summed E-state index contributed by atoms with van der Waals surface area (Å²) in [4.78, 5) is 2.49. The molecule has 0 unspecified atom stereocenters. The van der Waals surface area contributed by atoms with Gasteiger partial charge in [-0.1, -0.05) is 66.6 Å². The first-order chi connectivity index (χ1) is 11.2. The summed E-state index contributed by atoms with van der Waals surface area (Å²) >= 11 is 0. The molecule has 122 valence electrons. The van der Waals surface area contributed by atoms with Crippen molar-refractivity contribution in [2.24, 2.45) is 0 Å². The molecule has 0 spiro atoms. The van der Waals surface area contributed by atoms with E-state index in [1.54, 1.807) is 0 Å². The Balaban J connectivity index is 1.85. The maximum atomic E-state index is 11.5. The third kappa shape index (κ3) is 3.82. The molecule has 1 atom stereocenters. The number of nitrogens with zero attached hydrogens (tertiary/aromatic N) is 1. The van der Waals surface area contributed by atoms with E-state index in [2.05, 4.69) is 36.1 Å². The van der Waals surface area contributed by atoms with Gasteiger partial charge in [0, 0.05) is 6.54 Å². The molecule has 2 aromatic rings. The largest absolute Gasteiger partial charge is 0.380 e. The predicted octanol–water partition coefficient (Wildman–Crippen LogP) is 4.11. The molecule has 1 aliphatic heterocycles. The van der Waals surface area contributed by atoms with Gasteiger partial charge in [0.2, 0.25) is 0 Å². The minimum atomic E-state index is -0.910. The van der Waals surface area contributed by atoms with Crippen molar-refractivity contribution in [2.75, 3.05) is 19.6 Å². The Morgan fingerprint density at radius 3 is 2.13 bits per heavy atom. The summed E-state index contributed by atoms with van der Waals surface area (Å²) in [6.07, 6.45) is 4.65. The molecule has 1 aliphatic rings. The molecular weight excluding hydrogens is 282 g/mol. The first-order valence-electron chi connectivity index (χ1n) is 8.76. The van der Waals surface area contributed by atoms with Crippen molar-refractivity contribution in [3.05, 3.63) is 71.3 Å². The van der Waals surface area contributed by atoms with Gasteiger partial charge in [0.25, 0.3) is 0 Å². The SMILES string of the molecule is Cc1ccc([C@@](O)(CCN2CCCCC2)c2ccccc2)cc1. The molecule has 2 heteroatoms. The zero-order chi connectivity index (χ0) is 16.1. The van der Waals surface area contributed by atoms with Crippen LogP contribution in [0.15, 0.2) is 54.6 Å². The maximum Gasteiger partial charge on any atom is 0.116 e. The summed E-state index contributed by atoms with van der Waals surface area (Å²) in [6.45, 7) is 5.36. The first-order valence-corrected chi connectivity index (χ1v) is 8.76. The van der Waals surface area contributed by atoms with Crippen LogP contribution in [-0.2, 0) is 5.60 Å². The van der Waals surface area contributed by atoms with Crippen LogP contribution in [-0.4, -0.2) is 29.6 Å². The molecule has 1 saturated heterocycles. The molecule has 1 fully saturated rings. The summed E-state index contributed by atoms with van der Waals surface area (Å²) in [6, 6.07) is 18.4. The van der Waals surface area contributed by atoms with E-state index in [1.807, 2.05) is 30.3 Å². The van der Waals surface area contributed by atoms with Gasteiger partial charge in [-0.3, -0.25) is 0 Å². The van der Waals surface area contributed by atoms with E-state index in [9.17, 15) is 5.11 Å². The molecule has 2 aromatic carbocycles. The first kappa shape index (κ1) is 16.2. The third-order valence-corrected chi connectivity index (χ3v) is 5.02. The zero-order valence-corrected chi connectivity index (χ0v) is 14.0. The van der Waals surface area contributed by atoms with E-state index in [0.29, 0.717) is 0 Å². The monoisotopic (exact) mass is 309 g/mol. The van der Waals surface area contributed by atoms with Crippen LogP contribution in [0.5, 0.6) is 0 Å². The van der Waals surface area contributed by atoms with Crippen LogP contribution in [0.1, 0.15) is 42.4 Å². The average Bonchev–Trinajstić information content (AvgIpc) is 2.62. The van der Waals surface area contributed by atoms with Gasteiger partial charge in [-0.15, -0.1) is 0 Å². The molecule has 0 saturated carbocycles. The van der Waals surface area contributed by atoms with Gasteiger partial charge < -0.3 is 10.0 Å². The zero-order valence-electron chi connectivity index (χ0n) is 14.0. The molecule has 1 heterocycles. The van der Waals surface area contributed by atoms with E-state index >= 15 is 0 Å². The fraction of sp³-hybridized carbons (Fsp3) is 0.429. The highest BCUT2D eigenvalue weighted by Crippen LogP contribution is 2.33. The molecular formula is C21H27NO. The fourth-order valence-electron chi connectivity index (χ4n) is 3.50. The van der Waals surface area contributed by atoms with E-state index in [1.165, 1.54) is 37.9 Å². The van der Waals surface area contributed by atoms with Gasteiger partial charge in [-0.25, -0.2) is 0 Å². The topological polar surface area (TPSA) is 23.5 Å². The highest BCUT2D eigenvalue weighted by Gasteiger charge is 2.31. The highest BCUT2D eigenvalue weighted by molar-refractivity contribution is 5.37. The number of hydrogen-bond acceptors (Lipinski definition) is 2. The second-order valence-corrected chi connectivity index (χ2v) is 6.74. The molecule has 0 aromatic heterocycles. The van der Waals surface area contributed by atoms with E-state index in [4.69, 9.17) is 0 Å². The second kappa shape index (κ2) is 7.29. The van der Waals surface area contributed by atoms with Gasteiger partial charge in [0.05, 0.1) is 0 Å². The number of piperidine rings is 1. The van der Waals surface area contributed by atoms with Crippen molar-refractivity contribution >= 4 is 0 Å². The number of rotatable bonds is 5. The Labute approximate surface area is 139 Å². The lowest BCUT2D eigenvalue weighted by Crippen LogP contribution is -2.36. The fourth-order valence-corrected chi connectivity index (χ4v) is 3.50. The average molecular weight is 309 g/mol. The standard InChI is InChI=1S/C21H27NO/c1-18-10-12-20(13-11-18)21(23,19-8-4-2-5-9-19)14-17-22-15-6-3-7-16-22/h2,4-5,8-13,23H,3,6-7,14-17H2,1H3/t21-/m1/s1. The molecule has 23 heavy (non-hydrogen) atoms. The summed E-state index contributed by atoms with van der Waals surface area (Å²) in [5.74, 6) is 0. The highest BCUT2D eigenvalue weighted by atomic mass is 16.3. The third-order valence-electron chi connectivity index (χ3n) is 5.02. The van der Waals surface area contributed by atoms with Gasteiger partial charge in [-0.2, -0.15) is 0 Å². The molecule has 0 bridgehead atoms. The van der Waals surface area contributed by atoms with Gasteiger partial charge in [0.15, 0.2) is 0 Å². The Morgan fingerprint density at radius 2 is 1.48 bits per heavy atom. The summed E-state index contributed by atoms with van der Waals surface area (Å²) in [5.41, 5.74) is 2.29. The molecule has 2 nitrogen and oxygen atoms in total. The quantitative estimate of drug-likeness (QED) is 0.898. The van der Waals surface area contributed by atoms with Crippen LogP contribution in [0.25, 0.3) is 0 Å². The van der Waals surface area contributed by atoms with Crippen molar-refractivity contribution in [3.63, 3.8) is 0 Å². The Kier molecular flexibility index (Phi) is 5.14. The Hall–Kier alpha value is -1.64. The molecule has 3 rings (SSSR count). The molecule has 0 aliphatic carbocycles. The van der Waals surface area contributed by atoms with Crippen molar-refractivity contribution in [1.82, 2.24) is 4.90 Å². The predicted molar refractivity (Wildman–Crippen MR) is 95.5 cm³/mol. The van der Waals surface area contributed by atoms with Crippen LogP contribution < -0.4 is 0 Å². The van der Waals surface area contributed by atoms with Crippen LogP contribution in [0.4, 0.5) is 0 Å². The van der Waals surface area contributed by atoms with E-state index < -0.39 is 5.60 Å². The summed E-state index contributed by atoms with van der Waals surface area (Å²) in [7, 11) is 0. The van der Waals surface area contributed by atoms with Crippen molar-refractivity contribution in [1.29, 1.82) is 0 Å². The van der Waals surface area contributed by atoms with E-state index in [-0.39, 0.29) is 0 Å². The lowest BCUT2D eigenvalue weighted by Gasteiger charge is -2.34. The van der Waals surface area contributed by atoms with Crippen molar-refractivity contribution in [2.45, 2.75) is 38.2 Å². The lowest BCUT2D eigenvalue weighted by atomic mass is 9.83. The van der Waals surface area contributed by atoms with Crippen LogP contribution >= 0.6 is 0 Å². The molecule has 1 N–H and O–H groups in total. The lowest BCUT2D eigenvalue weighted by molar-refractivity contribution is 0.0545. The Morgan fingerprint density at radius 1 is 0.870 bits per heavy atom. The number of likely N-dealkylation sites (tertiary alicyclic amines) is 1. The van der Waals surface area contributed by atoms with Crippen LogP contribution in [0, 0.1) is 6.92 Å². The van der Waals surface area contributed by atoms with Crippen LogP contribution in [0.2, 0.25) is 0 Å². The minimum absolute atomic E-state index is 0.736.